The van der Waals surface area contributed by atoms with Gasteiger partial charge < -0.3 is 5.73 Å². The zero-order valence-electron chi connectivity index (χ0n) is 10.0. The van der Waals surface area contributed by atoms with Gasteiger partial charge in [0.05, 0.1) is 10.8 Å². The van der Waals surface area contributed by atoms with E-state index in [4.69, 9.17) is 5.73 Å². The van der Waals surface area contributed by atoms with Crippen molar-refractivity contribution < 1.29 is 4.21 Å². The third-order valence-electron chi connectivity index (χ3n) is 4.03. The lowest BCUT2D eigenvalue weighted by Gasteiger charge is -2.11. The lowest BCUT2D eigenvalue weighted by molar-refractivity contribution is 0.664. The first kappa shape index (κ1) is 11.4. The van der Waals surface area contributed by atoms with Gasteiger partial charge in [0.15, 0.2) is 0 Å². The van der Waals surface area contributed by atoms with Crippen LogP contribution in [0.2, 0.25) is 0 Å². The molecule has 0 spiro atoms. The topological polar surface area (TPSA) is 43.1 Å². The molecule has 0 saturated heterocycles. The van der Waals surface area contributed by atoms with Gasteiger partial charge in [-0.05, 0) is 61.8 Å². The first-order valence-electron chi connectivity index (χ1n) is 6.52. The van der Waals surface area contributed by atoms with Crippen molar-refractivity contribution in [2.75, 3.05) is 0 Å². The van der Waals surface area contributed by atoms with E-state index in [9.17, 15) is 4.21 Å². The van der Waals surface area contributed by atoms with Crippen LogP contribution in [-0.2, 0) is 23.6 Å². The SMILES string of the molecule is NC1CCC(S(=O)c2ccc3c(c2)CCC3)C1. The average Bonchev–Trinajstić information content (AvgIpc) is 2.95. The quantitative estimate of drug-likeness (QED) is 0.873. The summed E-state index contributed by atoms with van der Waals surface area (Å²) in [6, 6.07) is 6.66. The summed E-state index contributed by atoms with van der Waals surface area (Å²) < 4.78 is 12.4. The van der Waals surface area contributed by atoms with E-state index in [0.29, 0.717) is 0 Å². The van der Waals surface area contributed by atoms with Gasteiger partial charge in [0.1, 0.15) is 0 Å². The molecule has 1 aromatic rings. The minimum atomic E-state index is -0.852. The number of hydrogen-bond donors (Lipinski definition) is 1. The van der Waals surface area contributed by atoms with Crippen LogP contribution < -0.4 is 5.73 Å². The average molecular weight is 249 g/mol. The molecule has 0 amide bonds. The van der Waals surface area contributed by atoms with Crippen LogP contribution in [0.5, 0.6) is 0 Å². The van der Waals surface area contributed by atoms with Crippen LogP contribution in [-0.4, -0.2) is 15.5 Å². The summed E-state index contributed by atoms with van der Waals surface area (Å²) in [6.07, 6.45) is 6.57. The van der Waals surface area contributed by atoms with Gasteiger partial charge in [-0.25, -0.2) is 0 Å². The summed E-state index contributed by atoms with van der Waals surface area (Å²) in [4.78, 5) is 1.02. The summed E-state index contributed by atoms with van der Waals surface area (Å²) >= 11 is 0. The first-order valence-corrected chi connectivity index (χ1v) is 7.73. The summed E-state index contributed by atoms with van der Waals surface area (Å²) in [5, 5.41) is 0.282. The molecular weight excluding hydrogens is 230 g/mol. The number of nitrogens with two attached hydrogens (primary N) is 1. The predicted molar refractivity (Wildman–Crippen MR) is 70.5 cm³/mol. The largest absolute Gasteiger partial charge is 0.328 e. The van der Waals surface area contributed by atoms with Gasteiger partial charge in [0.25, 0.3) is 0 Å². The molecule has 2 N–H and O–H groups in total. The van der Waals surface area contributed by atoms with Crippen LogP contribution in [0.3, 0.4) is 0 Å². The van der Waals surface area contributed by atoms with E-state index in [1.165, 1.54) is 24.0 Å². The summed E-state index contributed by atoms with van der Waals surface area (Å²) in [5.41, 5.74) is 8.76. The molecule has 0 radical (unpaired) electrons. The normalized spacial score (nSPS) is 29.2. The van der Waals surface area contributed by atoms with E-state index in [0.717, 1.165) is 30.6 Å². The Morgan fingerprint density at radius 1 is 1.18 bits per heavy atom. The number of benzene rings is 1. The van der Waals surface area contributed by atoms with Gasteiger partial charge in [-0.3, -0.25) is 4.21 Å². The second-order valence-corrected chi connectivity index (χ2v) is 7.01. The molecule has 1 fully saturated rings. The molecule has 0 aromatic heterocycles. The summed E-state index contributed by atoms with van der Waals surface area (Å²) in [6.45, 7) is 0. The van der Waals surface area contributed by atoms with Crippen molar-refractivity contribution in [1.29, 1.82) is 0 Å². The Morgan fingerprint density at radius 3 is 2.76 bits per heavy atom. The number of fused-ring (bicyclic) bond motifs is 1. The fourth-order valence-electron chi connectivity index (χ4n) is 3.03. The van der Waals surface area contributed by atoms with Gasteiger partial charge in [-0.15, -0.1) is 0 Å². The minimum absolute atomic E-state index is 0.262. The molecule has 1 aromatic carbocycles. The zero-order valence-corrected chi connectivity index (χ0v) is 10.8. The van der Waals surface area contributed by atoms with E-state index < -0.39 is 10.8 Å². The standard InChI is InChI=1S/C14H19NOS/c15-12-5-7-14(9-12)17(16)13-6-4-10-2-1-3-11(10)8-13/h4,6,8,12,14H,1-3,5,7,9,15H2. The Kier molecular flexibility index (Phi) is 3.05. The Balaban J connectivity index is 1.82. The fraction of sp³-hybridized carbons (Fsp3) is 0.571. The van der Waals surface area contributed by atoms with Gasteiger partial charge in [-0.2, -0.15) is 0 Å². The van der Waals surface area contributed by atoms with Crippen molar-refractivity contribution in [2.45, 2.75) is 54.7 Å². The van der Waals surface area contributed by atoms with Crippen molar-refractivity contribution in [3.05, 3.63) is 29.3 Å². The second kappa shape index (κ2) is 4.54. The van der Waals surface area contributed by atoms with Crippen LogP contribution in [0.4, 0.5) is 0 Å². The molecule has 1 saturated carbocycles. The molecule has 3 heteroatoms. The number of rotatable bonds is 2. The molecule has 3 atom stereocenters. The van der Waals surface area contributed by atoms with Gasteiger partial charge in [0, 0.05) is 16.2 Å². The molecule has 2 aliphatic carbocycles. The third-order valence-corrected chi connectivity index (χ3v) is 5.78. The highest BCUT2D eigenvalue weighted by Crippen LogP contribution is 2.29. The van der Waals surface area contributed by atoms with Gasteiger partial charge >= 0.3 is 0 Å². The molecule has 0 heterocycles. The van der Waals surface area contributed by atoms with Crippen molar-refractivity contribution in [3.63, 3.8) is 0 Å². The Hall–Kier alpha value is -0.670. The molecule has 2 aliphatic rings. The zero-order chi connectivity index (χ0) is 11.8. The highest BCUT2D eigenvalue weighted by Gasteiger charge is 2.28. The monoisotopic (exact) mass is 249 g/mol. The molecule has 92 valence electrons. The smallest absolute Gasteiger partial charge is 0.0561 e. The van der Waals surface area contributed by atoms with Crippen LogP contribution in [0.25, 0.3) is 0 Å². The Morgan fingerprint density at radius 2 is 2.00 bits per heavy atom. The Labute approximate surface area is 105 Å². The number of aryl methyl sites for hydroxylation is 2. The fourth-order valence-corrected chi connectivity index (χ4v) is 4.65. The molecule has 2 nitrogen and oxygen atoms in total. The highest BCUT2D eigenvalue weighted by molar-refractivity contribution is 7.85. The van der Waals surface area contributed by atoms with E-state index >= 15 is 0 Å². The molecule has 3 unspecified atom stereocenters. The number of hydrogen-bond acceptors (Lipinski definition) is 2. The van der Waals surface area contributed by atoms with E-state index in [1.807, 2.05) is 0 Å². The van der Waals surface area contributed by atoms with Gasteiger partial charge in [-0.1, -0.05) is 6.07 Å². The van der Waals surface area contributed by atoms with Crippen molar-refractivity contribution in [1.82, 2.24) is 0 Å². The summed E-state index contributed by atoms with van der Waals surface area (Å²) in [7, 11) is -0.852. The maximum absolute atomic E-state index is 12.4. The van der Waals surface area contributed by atoms with Crippen LogP contribution >= 0.6 is 0 Å². The maximum Gasteiger partial charge on any atom is 0.0561 e. The lowest BCUT2D eigenvalue weighted by Crippen LogP contribution is -2.18. The van der Waals surface area contributed by atoms with E-state index in [1.54, 1.807) is 0 Å². The predicted octanol–water partition coefficient (Wildman–Crippen LogP) is 2.16. The molecule has 17 heavy (non-hydrogen) atoms. The third kappa shape index (κ3) is 2.18. The van der Waals surface area contributed by atoms with Crippen LogP contribution in [0.15, 0.2) is 23.1 Å². The van der Waals surface area contributed by atoms with Crippen LogP contribution in [0.1, 0.15) is 36.8 Å². The van der Waals surface area contributed by atoms with Crippen molar-refractivity contribution in [3.8, 4) is 0 Å². The van der Waals surface area contributed by atoms with Gasteiger partial charge in [0.2, 0.25) is 0 Å². The van der Waals surface area contributed by atoms with E-state index in [-0.39, 0.29) is 11.3 Å². The van der Waals surface area contributed by atoms with Crippen molar-refractivity contribution >= 4 is 10.8 Å². The molecule has 3 rings (SSSR count). The van der Waals surface area contributed by atoms with Crippen molar-refractivity contribution in [2.24, 2.45) is 5.73 Å². The lowest BCUT2D eigenvalue weighted by atomic mass is 10.1. The maximum atomic E-state index is 12.4. The Bertz CT molecular complexity index is 458. The first-order chi connectivity index (χ1) is 8.24. The molecule has 0 bridgehead atoms. The van der Waals surface area contributed by atoms with Crippen LogP contribution in [0, 0.1) is 0 Å². The second-order valence-electron chi connectivity index (χ2n) is 5.28. The molecule has 0 aliphatic heterocycles. The minimum Gasteiger partial charge on any atom is -0.328 e. The highest BCUT2D eigenvalue weighted by atomic mass is 32.2. The summed E-state index contributed by atoms with van der Waals surface area (Å²) in [5.74, 6) is 0. The molecular formula is C14H19NOS. The van der Waals surface area contributed by atoms with E-state index in [2.05, 4.69) is 18.2 Å².